The minimum Gasteiger partial charge on any atom is -1.00 e. The van der Waals surface area contributed by atoms with Crippen molar-refractivity contribution in [3.63, 3.8) is 0 Å². The van der Waals surface area contributed by atoms with Gasteiger partial charge in [0.1, 0.15) is 13.1 Å². The molecule has 0 N–H and O–H groups in total. The summed E-state index contributed by atoms with van der Waals surface area (Å²) in [6, 6.07) is 21.5. The van der Waals surface area contributed by atoms with E-state index in [2.05, 4.69) is 94.6 Å². The number of pyridine rings is 2. The van der Waals surface area contributed by atoms with Gasteiger partial charge in [-0.05, 0) is 22.9 Å². The Kier molecular flexibility index (Phi) is 7.73. The molecule has 0 unspecified atom stereocenters. The lowest BCUT2D eigenvalue weighted by molar-refractivity contribution is -0.706. The Bertz CT molecular complexity index is 904. The van der Waals surface area contributed by atoms with E-state index in [0.717, 1.165) is 13.1 Å². The Morgan fingerprint density at radius 2 is 0.885 bits per heavy atom. The summed E-state index contributed by atoms with van der Waals surface area (Å²) in [6.45, 7) is 2.14. The maximum atomic E-state index is 2.30. The Morgan fingerprint density at radius 3 is 1.31 bits per heavy atom. The van der Waals surface area contributed by atoms with Crippen LogP contribution in [0.5, 0.6) is 0 Å². The van der Waals surface area contributed by atoms with Crippen LogP contribution in [-0.4, -0.2) is 0 Å². The number of nitrogens with zero attached hydrogens (tertiary/aromatic N) is 2. The van der Waals surface area contributed by atoms with E-state index in [9.17, 15) is 0 Å². The zero-order chi connectivity index (χ0) is 16.2. The minimum absolute atomic E-state index is 0. The molecule has 2 aromatic carbocycles. The highest BCUT2D eigenvalue weighted by molar-refractivity contribution is 5.80. The lowest BCUT2D eigenvalue weighted by atomic mass is 10.2. The summed E-state index contributed by atoms with van der Waals surface area (Å²) in [5, 5.41) is 5.23. The molecule has 0 fully saturated rings. The summed E-state index contributed by atoms with van der Waals surface area (Å²) in [5.41, 5.74) is 0. The van der Waals surface area contributed by atoms with Gasteiger partial charge in [-0.1, -0.05) is 36.4 Å². The van der Waals surface area contributed by atoms with E-state index in [1.807, 2.05) is 0 Å². The Balaban J connectivity index is 0.00000121. The third-order valence-corrected chi connectivity index (χ3v) is 4.58. The van der Waals surface area contributed by atoms with Gasteiger partial charge in [0, 0.05) is 35.7 Å². The van der Waals surface area contributed by atoms with Gasteiger partial charge in [-0.15, -0.1) is 0 Å². The van der Waals surface area contributed by atoms with Crippen molar-refractivity contribution in [3.8, 4) is 0 Å². The molecule has 4 aromatic rings. The number of rotatable bonds is 5. The molecule has 4 rings (SSSR count). The minimum atomic E-state index is 0. The van der Waals surface area contributed by atoms with E-state index in [-0.39, 0.29) is 34.0 Å². The van der Waals surface area contributed by atoms with E-state index in [4.69, 9.17) is 0 Å². The summed E-state index contributed by atoms with van der Waals surface area (Å²) < 4.78 is 4.60. The first-order chi connectivity index (χ1) is 11.9. The van der Waals surface area contributed by atoms with Gasteiger partial charge < -0.3 is 34.0 Å². The standard InChI is InChI=1S/C22H22N2.2BrH/c1-3-9-21-17-23(15-11-19(21)7-1)13-5-6-14-24-16-12-20-8-2-4-10-22(20)18-24;;/h1-4,7-12,15-18H,5-6,13-14H2;2*1H/q+2;;/p-2. The number of fused-ring (bicyclic) bond motifs is 2. The van der Waals surface area contributed by atoms with Gasteiger partial charge in [-0.3, -0.25) is 0 Å². The van der Waals surface area contributed by atoms with Crippen LogP contribution in [0.15, 0.2) is 85.5 Å². The van der Waals surface area contributed by atoms with Crippen molar-refractivity contribution >= 4 is 21.5 Å². The number of benzene rings is 2. The predicted molar refractivity (Wildman–Crippen MR) is 97.5 cm³/mol. The fourth-order valence-electron chi connectivity index (χ4n) is 3.22. The molecule has 0 radical (unpaired) electrons. The van der Waals surface area contributed by atoms with Gasteiger partial charge >= 0.3 is 0 Å². The van der Waals surface area contributed by atoms with Crippen molar-refractivity contribution in [1.82, 2.24) is 0 Å². The van der Waals surface area contributed by atoms with Crippen molar-refractivity contribution in [2.24, 2.45) is 0 Å². The largest absolute Gasteiger partial charge is 1.00 e. The second-order valence-corrected chi connectivity index (χ2v) is 6.33. The van der Waals surface area contributed by atoms with Gasteiger partial charge in [0.25, 0.3) is 0 Å². The van der Waals surface area contributed by atoms with E-state index >= 15 is 0 Å². The monoisotopic (exact) mass is 472 g/mol. The third-order valence-electron chi connectivity index (χ3n) is 4.58. The van der Waals surface area contributed by atoms with Crippen LogP contribution in [0.2, 0.25) is 0 Å². The van der Waals surface area contributed by atoms with Crippen molar-refractivity contribution in [2.45, 2.75) is 25.9 Å². The Labute approximate surface area is 175 Å². The molecule has 0 saturated carbocycles. The fraction of sp³-hybridized carbons (Fsp3) is 0.182. The van der Waals surface area contributed by atoms with Crippen molar-refractivity contribution in [1.29, 1.82) is 0 Å². The van der Waals surface area contributed by atoms with Crippen LogP contribution in [0.1, 0.15) is 12.8 Å². The summed E-state index contributed by atoms with van der Waals surface area (Å²) in [5.74, 6) is 0. The quantitative estimate of drug-likeness (QED) is 0.235. The fourth-order valence-corrected chi connectivity index (χ4v) is 3.22. The maximum absolute atomic E-state index is 2.30. The zero-order valence-electron chi connectivity index (χ0n) is 14.6. The molecule has 2 nitrogen and oxygen atoms in total. The molecule has 0 aliphatic heterocycles. The number of aryl methyl sites for hydroxylation is 2. The molecule has 0 aliphatic rings. The summed E-state index contributed by atoms with van der Waals surface area (Å²) in [6.07, 6.45) is 11.2. The number of aromatic nitrogens is 2. The van der Waals surface area contributed by atoms with Crippen LogP contribution in [0.3, 0.4) is 0 Å². The summed E-state index contributed by atoms with van der Waals surface area (Å²) in [7, 11) is 0. The molecule has 0 bridgehead atoms. The average Bonchev–Trinajstić information content (AvgIpc) is 2.65. The third kappa shape index (κ3) is 4.89. The van der Waals surface area contributed by atoms with Crippen molar-refractivity contribution in [2.75, 3.05) is 0 Å². The molecular weight excluding hydrogens is 452 g/mol. The van der Waals surface area contributed by atoms with Gasteiger partial charge in [0.05, 0.1) is 0 Å². The molecule has 0 atom stereocenters. The number of unbranched alkanes of at least 4 members (excludes halogenated alkanes) is 1. The van der Waals surface area contributed by atoms with Gasteiger partial charge in [-0.2, -0.15) is 0 Å². The first-order valence-electron chi connectivity index (χ1n) is 8.64. The average molecular weight is 474 g/mol. The van der Waals surface area contributed by atoms with Crippen LogP contribution in [0, 0.1) is 0 Å². The van der Waals surface area contributed by atoms with Crippen LogP contribution >= 0.6 is 0 Å². The van der Waals surface area contributed by atoms with Gasteiger partial charge in [0.2, 0.25) is 0 Å². The van der Waals surface area contributed by atoms with E-state index in [1.165, 1.54) is 34.4 Å². The first-order valence-corrected chi connectivity index (χ1v) is 8.64. The lowest BCUT2D eigenvalue weighted by Crippen LogP contribution is -3.00. The van der Waals surface area contributed by atoms with Crippen LogP contribution < -0.4 is 43.1 Å². The molecule has 0 spiro atoms. The predicted octanol–water partition coefficient (Wildman–Crippen LogP) is -1.94. The SMILES string of the molecule is [Br-].[Br-].c1ccc2c[n+](CCCC[n+]3ccc4ccccc4c3)ccc2c1. The normalized spacial score (nSPS) is 10.3. The van der Waals surface area contributed by atoms with Crippen LogP contribution in [0.4, 0.5) is 0 Å². The van der Waals surface area contributed by atoms with E-state index < -0.39 is 0 Å². The molecule has 0 amide bonds. The van der Waals surface area contributed by atoms with Crippen molar-refractivity contribution in [3.05, 3.63) is 85.5 Å². The van der Waals surface area contributed by atoms with E-state index in [0.29, 0.717) is 0 Å². The first kappa shape index (κ1) is 20.5. The summed E-state index contributed by atoms with van der Waals surface area (Å²) in [4.78, 5) is 0. The highest BCUT2D eigenvalue weighted by Gasteiger charge is 2.06. The number of hydrogen-bond donors (Lipinski definition) is 0. The molecular formula is C22H22Br2N2. The van der Waals surface area contributed by atoms with Crippen molar-refractivity contribution < 1.29 is 43.1 Å². The summed E-state index contributed by atoms with van der Waals surface area (Å²) >= 11 is 0. The number of halogens is 2. The molecule has 2 aromatic heterocycles. The zero-order valence-corrected chi connectivity index (χ0v) is 17.7. The topological polar surface area (TPSA) is 7.76 Å². The molecule has 4 heteroatoms. The Morgan fingerprint density at radius 1 is 0.500 bits per heavy atom. The number of hydrogen-bond acceptors (Lipinski definition) is 0. The van der Waals surface area contributed by atoms with Gasteiger partial charge in [-0.25, -0.2) is 9.13 Å². The van der Waals surface area contributed by atoms with E-state index in [1.54, 1.807) is 0 Å². The molecule has 0 saturated heterocycles. The van der Waals surface area contributed by atoms with Crippen LogP contribution in [0.25, 0.3) is 21.5 Å². The van der Waals surface area contributed by atoms with Crippen LogP contribution in [-0.2, 0) is 13.1 Å². The molecule has 26 heavy (non-hydrogen) atoms. The second-order valence-electron chi connectivity index (χ2n) is 6.33. The van der Waals surface area contributed by atoms with Gasteiger partial charge in [0.15, 0.2) is 24.8 Å². The molecule has 0 aliphatic carbocycles. The Hall–Kier alpha value is -1.78. The second kappa shape index (κ2) is 9.79. The maximum Gasteiger partial charge on any atom is 0.176 e. The smallest absolute Gasteiger partial charge is 0.176 e. The molecule has 134 valence electrons. The lowest BCUT2D eigenvalue weighted by Gasteiger charge is -2.00. The highest BCUT2D eigenvalue weighted by Crippen LogP contribution is 2.10. The highest BCUT2D eigenvalue weighted by atomic mass is 79.9. The molecule has 2 heterocycles.